The summed E-state index contributed by atoms with van der Waals surface area (Å²) in [4.78, 5) is 21.1. The maximum atomic E-state index is 12.5. The third kappa shape index (κ3) is 5.29. The van der Waals surface area contributed by atoms with Gasteiger partial charge < -0.3 is 0 Å². The van der Waals surface area contributed by atoms with E-state index in [9.17, 15) is 4.79 Å². The quantitative estimate of drug-likeness (QED) is 0.311. The number of benzene rings is 3. The number of nitrogens with zero attached hydrogens (tertiary/aromatic N) is 2. The molecule has 3 aromatic carbocycles. The summed E-state index contributed by atoms with van der Waals surface area (Å²) in [6.45, 7) is 2.69. The lowest BCUT2D eigenvalue weighted by Crippen LogP contribution is -2.35. The molecule has 2 heterocycles. The van der Waals surface area contributed by atoms with Crippen LogP contribution in [0.1, 0.15) is 24.8 Å². The summed E-state index contributed by atoms with van der Waals surface area (Å²) < 4.78 is 0. The van der Waals surface area contributed by atoms with Gasteiger partial charge in [0.2, 0.25) is 0 Å². The van der Waals surface area contributed by atoms with E-state index in [1.165, 1.54) is 29.7 Å². The Morgan fingerprint density at radius 1 is 0.758 bits per heavy atom. The number of rotatable bonds is 7. The Balaban J connectivity index is 1.37. The lowest BCUT2D eigenvalue weighted by Gasteiger charge is -2.25. The first kappa shape index (κ1) is 21.7. The van der Waals surface area contributed by atoms with Crippen molar-refractivity contribution in [1.82, 2.24) is 9.88 Å². The van der Waals surface area contributed by atoms with Gasteiger partial charge in [-0.3, -0.25) is 9.69 Å². The van der Waals surface area contributed by atoms with Crippen LogP contribution in [0, 0.1) is 0 Å². The highest BCUT2D eigenvalue weighted by atomic mass is 32.1. The molecule has 3 nitrogen and oxygen atoms in total. The second-order valence-corrected chi connectivity index (χ2v) is 9.68. The van der Waals surface area contributed by atoms with Gasteiger partial charge in [0.15, 0.2) is 5.78 Å². The molecule has 0 amide bonds. The fraction of sp³-hybridized carbons (Fsp3) is 0.241. The second kappa shape index (κ2) is 10.2. The third-order valence-corrected chi connectivity index (χ3v) is 7.31. The molecule has 166 valence electrons. The van der Waals surface area contributed by atoms with Crippen molar-refractivity contribution < 1.29 is 4.79 Å². The summed E-state index contributed by atoms with van der Waals surface area (Å²) in [5.41, 5.74) is 5.48. The maximum Gasteiger partial charge on any atom is 0.151 e. The van der Waals surface area contributed by atoms with Crippen molar-refractivity contribution in [2.75, 3.05) is 19.6 Å². The van der Waals surface area contributed by atoms with Gasteiger partial charge in [-0.15, -0.1) is 11.3 Å². The smallest absolute Gasteiger partial charge is 0.151 e. The first-order valence-corrected chi connectivity index (χ1v) is 12.5. The Morgan fingerprint density at radius 3 is 2.06 bits per heavy atom. The van der Waals surface area contributed by atoms with Crippen molar-refractivity contribution in [1.29, 1.82) is 0 Å². The van der Waals surface area contributed by atoms with Crippen LogP contribution < -0.4 is 0 Å². The highest BCUT2D eigenvalue weighted by Crippen LogP contribution is 2.40. The topological polar surface area (TPSA) is 33.2 Å². The van der Waals surface area contributed by atoms with E-state index in [1.54, 1.807) is 11.3 Å². The van der Waals surface area contributed by atoms with Crippen LogP contribution >= 0.6 is 11.3 Å². The Labute approximate surface area is 199 Å². The SMILES string of the molecule is O=C(Cc1ccc(-c2nc(-c3ccccc3)c(-c3ccccc3)s2)cc1)CN1CCCCC1. The normalized spacial score (nSPS) is 14.3. The average molecular weight is 453 g/mol. The fourth-order valence-corrected chi connectivity index (χ4v) is 5.53. The molecule has 0 unspecified atom stereocenters. The number of piperidine rings is 1. The van der Waals surface area contributed by atoms with E-state index in [1.807, 2.05) is 12.1 Å². The van der Waals surface area contributed by atoms with Crippen molar-refractivity contribution in [2.24, 2.45) is 0 Å². The van der Waals surface area contributed by atoms with Crippen molar-refractivity contribution in [3.63, 3.8) is 0 Å². The number of aromatic nitrogens is 1. The van der Waals surface area contributed by atoms with E-state index in [-0.39, 0.29) is 0 Å². The largest absolute Gasteiger partial charge is 0.298 e. The molecule has 0 atom stereocenters. The fourth-order valence-electron chi connectivity index (χ4n) is 4.44. The van der Waals surface area contributed by atoms with Crippen LogP contribution in [-0.2, 0) is 11.2 Å². The maximum absolute atomic E-state index is 12.5. The number of carbonyl (C=O) groups excluding carboxylic acids is 1. The number of Topliss-reactive ketones (excluding diaryl/α,β-unsaturated/α-hetero) is 1. The van der Waals surface area contributed by atoms with Gasteiger partial charge in [-0.25, -0.2) is 4.98 Å². The molecule has 33 heavy (non-hydrogen) atoms. The molecule has 0 radical (unpaired) electrons. The van der Waals surface area contributed by atoms with Gasteiger partial charge in [-0.05, 0) is 37.1 Å². The minimum absolute atomic E-state index is 0.302. The van der Waals surface area contributed by atoms with Gasteiger partial charge in [-0.2, -0.15) is 0 Å². The van der Waals surface area contributed by atoms with Crippen molar-refractivity contribution in [3.05, 3.63) is 90.5 Å². The van der Waals surface area contributed by atoms with Gasteiger partial charge in [0.05, 0.1) is 17.1 Å². The van der Waals surface area contributed by atoms with Gasteiger partial charge in [-0.1, -0.05) is 91.3 Å². The summed E-state index contributed by atoms with van der Waals surface area (Å²) in [5, 5.41) is 0.999. The van der Waals surface area contributed by atoms with Crippen LogP contribution in [0.4, 0.5) is 0 Å². The highest BCUT2D eigenvalue weighted by molar-refractivity contribution is 7.19. The molecule has 4 aromatic rings. The van der Waals surface area contributed by atoms with Crippen LogP contribution in [0.15, 0.2) is 84.9 Å². The summed E-state index contributed by atoms with van der Waals surface area (Å²) >= 11 is 1.72. The van der Waals surface area contributed by atoms with Crippen molar-refractivity contribution >= 4 is 17.1 Å². The van der Waals surface area contributed by atoms with Crippen LogP contribution in [0.5, 0.6) is 0 Å². The van der Waals surface area contributed by atoms with Crippen LogP contribution in [0.2, 0.25) is 0 Å². The number of likely N-dealkylation sites (tertiary alicyclic amines) is 1. The van der Waals surface area contributed by atoms with Gasteiger partial charge in [0.25, 0.3) is 0 Å². The molecular formula is C29H28N2OS. The first-order valence-electron chi connectivity index (χ1n) is 11.7. The molecule has 5 rings (SSSR count). The van der Waals surface area contributed by atoms with Gasteiger partial charge in [0, 0.05) is 17.5 Å². The summed E-state index contributed by atoms with van der Waals surface area (Å²) in [5.74, 6) is 0.302. The third-order valence-electron chi connectivity index (χ3n) is 6.16. The number of hydrogen-bond donors (Lipinski definition) is 0. The molecular weight excluding hydrogens is 424 g/mol. The number of thiazole rings is 1. The Kier molecular flexibility index (Phi) is 6.75. The van der Waals surface area contributed by atoms with Crippen molar-refractivity contribution in [3.8, 4) is 32.3 Å². The van der Waals surface area contributed by atoms with E-state index in [2.05, 4.69) is 77.7 Å². The summed E-state index contributed by atoms with van der Waals surface area (Å²) in [6.07, 6.45) is 4.22. The minimum Gasteiger partial charge on any atom is -0.298 e. The highest BCUT2D eigenvalue weighted by Gasteiger charge is 2.17. The number of ketones is 1. The molecule has 1 aliphatic heterocycles. The lowest BCUT2D eigenvalue weighted by molar-refractivity contribution is -0.119. The van der Waals surface area contributed by atoms with E-state index < -0.39 is 0 Å². The van der Waals surface area contributed by atoms with E-state index in [0.29, 0.717) is 18.7 Å². The standard InChI is InChI=1S/C29H28N2OS/c32-26(21-31-18-8-3-9-19-31)20-22-14-16-25(17-15-22)29-30-27(23-10-4-1-5-11-23)28(33-29)24-12-6-2-7-13-24/h1-2,4-7,10-17H,3,8-9,18-21H2. The van der Waals surface area contributed by atoms with E-state index >= 15 is 0 Å². The minimum atomic E-state index is 0.302. The molecule has 0 N–H and O–H groups in total. The van der Waals surface area contributed by atoms with Gasteiger partial charge in [0.1, 0.15) is 5.01 Å². The Hall–Kier alpha value is -3.08. The van der Waals surface area contributed by atoms with Crippen LogP contribution in [0.25, 0.3) is 32.3 Å². The first-order chi connectivity index (χ1) is 16.3. The van der Waals surface area contributed by atoms with Crippen LogP contribution in [0.3, 0.4) is 0 Å². The molecule has 1 aromatic heterocycles. The molecule has 1 aliphatic rings. The summed E-state index contributed by atoms with van der Waals surface area (Å²) in [6, 6.07) is 29.2. The van der Waals surface area contributed by atoms with E-state index in [0.717, 1.165) is 40.5 Å². The molecule has 1 fully saturated rings. The molecule has 1 saturated heterocycles. The monoisotopic (exact) mass is 452 g/mol. The molecule has 0 aliphatic carbocycles. The molecule has 4 heteroatoms. The Morgan fingerprint density at radius 2 is 1.39 bits per heavy atom. The number of hydrogen-bond acceptors (Lipinski definition) is 4. The predicted octanol–water partition coefficient (Wildman–Crippen LogP) is 6.74. The lowest BCUT2D eigenvalue weighted by atomic mass is 10.1. The Bertz CT molecular complexity index is 1140. The van der Waals surface area contributed by atoms with Crippen molar-refractivity contribution in [2.45, 2.75) is 25.7 Å². The molecule has 0 bridgehead atoms. The zero-order chi connectivity index (χ0) is 22.5. The van der Waals surface area contributed by atoms with E-state index in [4.69, 9.17) is 4.98 Å². The molecule has 0 saturated carbocycles. The molecule has 0 spiro atoms. The second-order valence-electron chi connectivity index (χ2n) is 8.68. The van der Waals surface area contributed by atoms with Gasteiger partial charge >= 0.3 is 0 Å². The zero-order valence-corrected chi connectivity index (χ0v) is 19.6. The van der Waals surface area contributed by atoms with Crippen LogP contribution in [-0.4, -0.2) is 35.3 Å². The summed E-state index contributed by atoms with van der Waals surface area (Å²) in [7, 11) is 0. The zero-order valence-electron chi connectivity index (χ0n) is 18.7. The average Bonchev–Trinajstić information content (AvgIpc) is 3.32. The predicted molar refractivity (Wildman–Crippen MR) is 137 cm³/mol. The number of carbonyl (C=O) groups is 1.